The largest absolute Gasteiger partial charge is 0.327 e. The van der Waals surface area contributed by atoms with Gasteiger partial charge >= 0.3 is 0 Å². The van der Waals surface area contributed by atoms with Crippen molar-refractivity contribution in [3.05, 3.63) is 65.7 Å². The molecule has 0 aromatic heterocycles. The number of benzene rings is 2. The summed E-state index contributed by atoms with van der Waals surface area (Å²) in [4.78, 5) is 12.0. The zero-order valence-corrected chi connectivity index (χ0v) is 10.5. The van der Waals surface area contributed by atoms with E-state index in [1.165, 1.54) is 5.56 Å². The fourth-order valence-corrected chi connectivity index (χ4v) is 2.20. The third kappa shape index (κ3) is 2.66. The molecule has 1 fully saturated rings. The molecule has 1 aliphatic rings. The molecule has 3 nitrogen and oxygen atoms in total. The molecule has 19 heavy (non-hydrogen) atoms. The summed E-state index contributed by atoms with van der Waals surface area (Å²) in [6.07, 6.45) is 1.05. The molecule has 2 aromatic rings. The Labute approximate surface area is 112 Å². The second kappa shape index (κ2) is 4.86. The minimum Gasteiger partial charge on any atom is -0.327 e. The van der Waals surface area contributed by atoms with Crippen LogP contribution in [0, 0.1) is 0 Å². The zero-order chi connectivity index (χ0) is 13.2. The molecule has 3 N–H and O–H groups in total. The zero-order valence-electron chi connectivity index (χ0n) is 10.5. The Morgan fingerprint density at radius 1 is 1.05 bits per heavy atom. The molecular formula is C16H16N2O. The average Bonchev–Trinajstić information content (AvgIpc) is 3.17. The molecule has 2 aromatic carbocycles. The molecule has 3 rings (SSSR count). The van der Waals surface area contributed by atoms with Crippen LogP contribution in [0.4, 0.5) is 5.69 Å². The van der Waals surface area contributed by atoms with Crippen molar-refractivity contribution in [3.63, 3.8) is 0 Å². The van der Waals surface area contributed by atoms with Crippen molar-refractivity contribution in [3.8, 4) is 0 Å². The van der Waals surface area contributed by atoms with E-state index in [9.17, 15) is 4.79 Å². The lowest BCUT2D eigenvalue weighted by Gasteiger charge is -2.06. The maximum Gasteiger partial charge on any atom is 0.255 e. The Kier molecular flexibility index (Phi) is 3.05. The molecule has 0 saturated heterocycles. The number of para-hydroxylation sites is 1. The molecule has 2 atom stereocenters. The van der Waals surface area contributed by atoms with Crippen LogP contribution in [-0.4, -0.2) is 11.9 Å². The quantitative estimate of drug-likeness (QED) is 0.882. The monoisotopic (exact) mass is 252 g/mol. The fourth-order valence-electron chi connectivity index (χ4n) is 2.20. The maximum absolute atomic E-state index is 12.0. The van der Waals surface area contributed by atoms with Crippen LogP contribution >= 0.6 is 0 Å². The third-order valence-corrected chi connectivity index (χ3v) is 3.47. The van der Waals surface area contributed by atoms with Crippen molar-refractivity contribution in [2.45, 2.75) is 18.4 Å². The van der Waals surface area contributed by atoms with E-state index >= 15 is 0 Å². The van der Waals surface area contributed by atoms with Crippen LogP contribution in [0.2, 0.25) is 0 Å². The summed E-state index contributed by atoms with van der Waals surface area (Å²) in [5.41, 5.74) is 8.52. The summed E-state index contributed by atoms with van der Waals surface area (Å²) in [5.74, 6) is 0.393. The molecule has 0 radical (unpaired) electrons. The van der Waals surface area contributed by atoms with E-state index in [4.69, 9.17) is 5.73 Å². The second-order valence-corrected chi connectivity index (χ2v) is 4.95. The van der Waals surface area contributed by atoms with Crippen molar-refractivity contribution >= 4 is 11.6 Å². The molecule has 1 aliphatic carbocycles. The minimum atomic E-state index is -0.0853. The predicted octanol–water partition coefficient (Wildman–Crippen LogP) is 2.75. The summed E-state index contributed by atoms with van der Waals surface area (Å²) in [6.45, 7) is 0. The van der Waals surface area contributed by atoms with Crippen LogP contribution in [0.3, 0.4) is 0 Å². The summed E-state index contributed by atoms with van der Waals surface area (Å²) in [6, 6.07) is 17.5. The Morgan fingerprint density at radius 2 is 1.68 bits per heavy atom. The van der Waals surface area contributed by atoms with Gasteiger partial charge in [0.15, 0.2) is 0 Å². The molecule has 0 bridgehead atoms. The SMILES string of the molecule is N[C@@H]1C[C@H]1c1ccc(C(=O)Nc2ccccc2)cc1. The summed E-state index contributed by atoms with van der Waals surface area (Å²) < 4.78 is 0. The van der Waals surface area contributed by atoms with Gasteiger partial charge in [0, 0.05) is 23.2 Å². The Morgan fingerprint density at radius 3 is 2.26 bits per heavy atom. The number of carbonyl (C=O) groups excluding carboxylic acids is 1. The van der Waals surface area contributed by atoms with Crippen molar-refractivity contribution in [1.29, 1.82) is 0 Å². The van der Waals surface area contributed by atoms with Crippen molar-refractivity contribution in [2.24, 2.45) is 5.73 Å². The van der Waals surface area contributed by atoms with E-state index in [0.717, 1.165) is 12.1 Å². The van der Waals surface area contributed by atoms with E-state index in [2.05, 4.69) is 5.32 Å². The van der Waals surface area contributed by atoms with Crippen LogP contribution in [0.1, 0.15) is 28.3 Å². The van der Waals surface area contributed by atoms with Gasteiger partial charge in [-0.2, -0.15) is 0 Å². The molecule has 3 heteroatoms. The minimum absolute atomic E-state index is 0.0853. The standard InChI is InChI=1S/C16H16N2O/c17-15-10-14(15)11-6-8-12(9-7-11)16(19)18-13-4-2-1-3-5-13/h1-9,14-15H,10,17H2,(H,18,19)/t14-,15+/m0/s1. The van der Waals surface area contributed by atoms with Gasteiger partial charge in [-0.05, 0) is 36.2 Å². The number of hydrogen-bond acceptors (Lipinski definition) is 2. The van der Waals surface area contributed by atoms with Crippen molar-refractivity contribution in [2.75, 3.05) is 5.32 Å². The normalized spacial score (nSPS) is 20.9. The lowest BCUT2D eigenvalue weighted by molar-refractivity contribution is 0.102. The predicted molar refractivity (Wildman–Crippen MR) is 76.2 cm³/mol. The average molecular weight is 252 g/mol. The van der Waals surface area contributed by atoms with Crippen LogP contribution in [0.5, 0.6) is 0 Å². The Balaban J connectivity index is 1.70. The molecule has 1 amide bonds. The highest BCUT2D eigenvalue weighted by Crippen LogP contribution is 2.38. The van der Waals surface area contributed by atoms with E-state index in [1.54, 1.807) is 0 Å². The molecule has 0 spiro atoms. The maximum atomic E-state index is 12.0. The molecule has 96 valence electrons. The van der Waals surface area contributed by atoms with E-state index < -0.39 is 0 Å². The molecule has 0 heterocycles. The summed E-state index contributed by atoms with van der Waals surface area (Å²) in [7, 11) is 0. The van der Waals surface area contributed by atoms with Gasteiger partial charge in [-0.3, -0.25) is 4.79 Å². The third-order valence-electron chi connectivity index (χ3n) is 3.47. The van der Waals surface area contributed by atoms with Gasteiger partial charge in [-0.15, -0.1) is 0 Å². The first-order valence-corrected chi connectivity index (χ1v) is 6.46. The first-order chi connectivity index (χ1) is 9.24. The van der Waals surface area contributed by atoms with Gasteiger partial charge in [-0.25, -0.2) is 0 Å². The lowest BCUT2D eigenvalue weighted by atomic mass is 10.1. The number of nitrogens with one attached hydrogen (secondary N) is 1. The topological polar surface area (TPSA) is 55.1 Å². The summed E-state index contributed by atoms with van der Waals surface area (Å²) in [5, 5.41) is 2.87. The lowest BCUT2D eigenvalue weighted by Crippen LogP contribution is -2.11. The van der Waals surface area contributed by atoms with Gasteiger partial charge in [0.1, 0.15) is 0 Å². The highest BCUT2D eigenvalue weighted by molar-refractivity contribution is 6.04. The van der Waals surface area contributed by atoms with Crippen molar-refractivity contribution < 1.29 is 4.79 Å². The Bertz CT molecular complexity index is 577. The fraction of sp³-hybridized carbons (Fsp3) is 0.188. The van der Waals surface area contributed by atoms with Crippen LogP contribution in [0.25, 0.3) is 0 Å². The van der Waals surface area contributed by atoms with Gasteiger partial charge in [0.25, 0.3) is 5.91 Å². The number of amides is 1. The molecule has 1 saturated carbocycles. The van der Waals surface area contributed by atoms with Crippen molar-refractivity contribution in [1.82, 2.24) is 0 Å². The van der Waals surface area contributed by atoms with E-state index in [1.807, 2.05) is 54.6 Å². The van der Waals surface area contributed by atoms with E-state index in [-0.39, 0.29) is 5.91 Å². The smallest absolute Gasteiger partial charge is 0.255 e. The highest BCUT2D eigenvalue weighted by Gasteiger charge is 2.34. The number of rotatable bonds is 3. The van der Waals surface area contributed by atoms with Crippen LogP contribution in [-0.2, 0) is 0 Å². The molecular weight excluding hydrogens is 236 g/mol. The van der Waals surface area contributed by atoms with Gasteiger partial charge in [0.2, 0.25) is 0 Å². The van der Waals surface area contributed by atoms with Gasteiger partial charge in [-0.1, -0.05) is 30.3 Å². The molecule has 0 unspecified atom stereocenters. The first-order valence-electron chi connectivity index (χ1n) is 6.46. The van der Waals surface area contributed by atoms with E-state index in [0.29, 0.717) is 17.5 Å². The first kappa shape index (κ1) is 11.9. The second-order valence-electron chi connectivity index (χ2n) is 4.95. The highest BCUT2D eigenvalue weighted by atomic mass is 16.1. The molecule has 0 aliphatic heterocycles. The Hall–Kier alpha value is -2.13. The van der Waals surface area contributed by atoms with Crippen LogP contribution < -0.4 is 11.1 Å². The number of nitrogens with two attached hydrogens (primary N) is 1. The number of carbonyl (C=O) groups is 1. The number of anilines is 1. The van der Waals surface area contributed by atoms with Gasteiger partial charge < -0.3 is 11.1 Å². The van der Waals surface area contributed by atoms with Gasteiger partial charge in [0.05, 0.1) is 0 Å². The number of hydrogen-bond donors (Lipinski definition) is 2. The van der Waals surface area contributed by atoms with Crippen LogP contribution in [0.15, 0.2) is 54.6 Å². The summed E-state index contributed by atoms with van der Waals surface area (Å²) >= 11 is 0.